The van der Waals surface area contributed by atoms with Crippen LogP contribution in [-0.2, 0) is 14.4 Å². The molecule has 3 N–H and O–H groups in total. The van der Waals surface area contributed by atoms with Crippen LogP contribution in [0.5, 0.6) is 11.5 Å². The maximum atomic E-state index is 12.4. The van der Waals surface area contributed by atoms with Crippen molar-refractivity contribution in [1.82, 2.24) is 5.43 Å². The minimum Gasteiger partial charge on any atom is -0.493 e. The number of carbonyl (C=O) groups excluding carboxylic acids is 3. The molecule has 0 unspecified atom stereocenters. The van der Waals surface area contributed by atoms with Crippen molar-refractivity contribution in [3.63, 3.8) is 0 Å². The third-order valence-corrected chi connectivity index (χ3v) is 6.75. The number of nitrogens with one attached hydrogen (secondary N) is 3. The van der Waals surface area contributed by atoms with Crippen LogP contribution in [0.3, 0.4) is 0 Å². The first-order valence-corrected chi connectivity index (χ1v) is 12.9. The molecule has 0 aliphatic rings. The van der Waals surface area contributed by atoms with E-state index in [9.17, 15) is 14.4 Å². The number of methoxy groups -OCH3 is 1. The van der Waals surface area contributed by atoms with Gasteiger partial charge in [-0.05, 0) is 77.4 Å². The summed E-state index contributed by atoms with van der Waals surface area (Å²) in [6.45, 7) is 3.36. The van der Waals surface area contributed by atoms with Crippen LogP contribution < -0.4 is 25.5 Å². The summed E-state index contributed by atoms with van der Waals surface area (Å²) < 4.78 is 11.7. The average molecular weight is 669 g/mol. The van der Waals surface area contributed by atoms with E-state index in [-0.39, 0.29) is 11.6 Å². The number of aryl methyl sites for hydroxylation is 2. The summed E-state index contributed by atoms with van der Waals surface area (Å²) >= 11 is 14.1. The van der Waals surface area contributed by atoms with Crippen LogP contribution in [0.1, 0.15) is 16.7 Å². The van der Waals surface area contributed by atoms with Gasteiger partial charge in [-0.3, -0.25) is 14.4 Å². The lowest BCUT2D eigenvalue weighted by molar-refractivity contribution is -0.136. The predicted molar refractivity (Wildman–Crippen MR) is 157 cm³/mol. The number of anilines is 2. The Morgan fingerprint density at radius 2 is 1.68 bits per heavy atom. The van der Waals surface area contributed by atoms with E-state index in [0.29, 0.717) is 37.0 Å². The number of rotatable bonds is 8. The van der Waals surface area contributed by atoms with Crippen molar-refractivity contribution in [3.8, 4) is 11.5 Å². The fourth-order valence-electron chi connectivity index (χ4n) is 3.28. The molecule has 0 aromatic heterocycles. The van der Waals surface area contributed by atoms with E-state index in [1.165, 1.54) is 13.3 Å². The van der Waals surface area contributed by atoms with Crippen LogP contribution >= 0.6 is 45.8 Å². The first kappa shape index (κ1) is 29.2. The molecule has 3 aromatic rings. The maximum Gasteiger partial charge on any atom is 0.329 e. The number of hydrogen-bond donors (Lipinski definition) is 3. The molecular formula is C26H23Cl2IN4O5. The van der Waals surface area contributed by atoms with E-state index >= 15 is 0 Å². The number of hydrazone groups is 1. The second kappa shape index (κ2) is 13.4. The molecule has 0 fully saturated rings. The Balaban J connectivity index is 1.61. The molecule has 0 saturated carbocycles. The lowest BCUT2D eigenvalue weighted by Crippen LogP contribution is -2.32. The molecule has 0 radical (unpaired) electrons. The van der Waals surface area contributed by atoms with E-state index in [2.05, 4.69) is 21.2 Å². The number of nitrogens with zero attached hydrogens (tertiary/aromatic N) is 1. The van der Waals surface area contributed by atoms with Crippen LogP contribution in [0.2, 0.25) is 10.0 Å². The summed E-state index contributed by atoms with van der Waals surface area (Å²) in [5, 5.41) is 9.64. The highest BCUT2D eigenvalue weighted by Crippen LogP contribution is 2.34. The molecular weight excluding hydrogens is 646 g/mol. The molecule has 3 aromatic carbocycles. The highest BCUT2D eigenvalue weighted by molar-refractivity contribution is 14.1. The topological polar surface area (TPSA) is 118 Å². The molecule has 198 valence electrons. The Bertz CT molecular complexity index is 1390. The number of ether oxygens (including phenoxy) is 2. The Morgan fingerprint density at radius 1 is 1.00 bits per heavy atom. The van der Waals surface area contributed by atoms with Gasteiger partial charge in [0.25, 0.3) is 5.91 Å². The lowest BCUT2D eigenvalue weighted by Gasteiger charge is -2.14. The molecule has 0 aliphatic heterocycles. The Morgan fingerprint density at radius 3 is 2.37 bits per heavy atom. The average Bonchev–Trinajstić information content (AvgIpc) is 2.87. The van der Waals surface area contributed by atoms with Crippen molar-refractivity contribution < 1.29 is 23.9 Å². The minimum atomic E-state index is -0.920. The third-order valence-electron chi connectivity index (χ3n) is 5.13. The fourth-order valence-corrected chi connectivity index (χ4v) is 4.41. The van der Waals surface area contributed by atoms with Crippen LogP contribution in [0.4, 0.5) is 11.4 Å². The SMILES string of the molecule is COc1cc(/C=N\NC(=O)C(=O)Nc2c(C)cccc2C)cc(I)c1OCC(=O)Nc1cccc(Cl)c1Cl. The molecule has 0 atom stereocenters. The number of hydrogen-bond acceptors (Lipinski definition) is 6. The first-order chi connectivity index (χ1) is 18.1. The largest absolute Gasteiger partial charge is 0.493 e. The summed E-state index contributed by atoms with van der Waals surface area (Å²) in [4.78, 5) is 36.8. The standard InChI is InChI=1S/C26H23Cl2IN4O5/c1-14-6-4-7-15(2)23(14)32-25(35)26(36)33-30-12-16-10-18(29)24(20(11-16)37-3)38-13-21(34)31-19-9-5-8-17(27)22(19)28/h4-12H,13H2,1-3H3,(H,31,34)(H,32,35)(H,33,36)/b30-12-. The molecule has 12 heteroatoms. The number of carbonyl (C=O) groups is 3. The van der Waals surface area contributed by atoms with Gasteiger partial charge in [-0.25, -0.2) is 5.43 Å². The van der Waals surface area contributed by atoms with Gasteiger partial charge in [-0.1, -0.05) is 47.5 Å². The number of para-hydroxylation sites is 1. The van der Waals surface area contributed by atoms with Gasteiger partial charge in [-0.2, -0.15) is 5.10 Å². The smallest absolute Gasteiger partial charge is 0.329 e. The Labute approximate surface area is 243 Å². The Hall–Kier alpha value is -3.35. The number of halogens is 3. The highest BCUT2D eigenvalue weighted by Gasteiger charge is 2.16. The molecule has 3 rings (SSSR count). The van der Waals surface area contributed by atoms with Gasteiger partial charge < -0.3 is 20.1 Å². The molecule has 3 amide bonds. The summed E-state index contributed by atoms with van der Waals surface area (Å²) in [5.41, 5.74) is 5.38. The van der Waals surface area contributed by atoms with Crippen LogP contribution in [0.15, 0.2) is 53.6 Å². The van der Waals surface area contributed by atoms with E-state index in [4.69, 9.17) is 32.7 Å². The molecule has 0 aliphatic carbocycles. The van der Waals surface area contributed by atoms with Gasteiger partial charge in [0.05, 0.1) is 32.6 Å². The van der Waals surface area contributed by atoms with Crippen LogP contribution in [-0.4, -0.2) is 37.7 Å². The second-order valence-electron chi connectivity index (χ2n) is 7.89. The summed E-state index contributed by atoms with van der Waals surface area (Å²) in [7, 11) is 1.45. The highest BCUT2D eigenvalue weighted by atomic mass is 127. The van der Waals surface area contributed by atoms with Gasteiger partial charge >= 0.3 is 11.8 Å². The number of benzene rings is 3. The molecule has 0 spiro atoms. The quantitative estimate of drug-likeness (QED) is 0.130. The maximum absolute atomic E-state index is 12.4. The van der Waals surface area contributed by atoms with E-state index in [1.807, 2.05) is 54.6 Å². The van der Waals surface area contributed by atoms with Gasteiger partial charge in [0.15, 0.2) is 18.1 Å². The fraction of sp³-hybridized carbons (Fsp3) is 0.154. The van der Waals surface area contributed by atoms with Gasteiger partial charge in [0, 0.05) is 5.69 Å². The summed E-state index contributed by atoms with van der Waals surface area (Å²) in [5.74, 6) is -1.52. The van der Waals surface area contributed by atoms with Crippen LogP contribution in [0.25, 0.3) is 0 Å². The van der Waals surface area contributed by atoms with Gasteiger partial charge in [0.1, 0.15) is 0 Å². The molecule has 9 nitrogen and oxygen atoms in total. The second-order valence-corrected chi connectivity index (χ2v) is 9.84. The third kappa shape index (κ3) is 7.59. The van der Waals surface area contributed by atoms with Crippen molar-refractivity contribution in [3.05, 3.63) is 78.8 Å². The van der Waals surface area contributed by atoms with Crippen LogP contribution in [0, 0.1) is 17.4 Å². The zero-order chi connectivity index (χ0) is 27.8. The molecule has 0 heterocycles. The van der Waals surface area contributed by atoms with E-state index < -0.39 is 17.7 Å². The number of amides is 3. The predicted octanol–water partition coefficient (Wildman–Crippen LogP) is 5.33. The van der Waals surface area contributed by atoms with Crippen molar-refractivity contribution in [2.45, 2.75) is 13.8 Å². The molecule has 0 bridgehead atoms. The zero-order valence-corrected chi connectivity index (χ0v) is 24.2. The summed E-state index contributed by atoms with van der Waals surface area (Å²) in [6, 6.07) is 13.7. The van der Waals surface area contributed by atoms with Gasteiger partial charge in [0.2, 0.25) is 0 Å². The lowest BCUT2D eigenvalue weighted by atomic mass is 10.1. The van der Waals surface area contributed by atoms with Crippen molar-refractivity contribution >= 4 is 81.1 Å². The van der Waals surface area contributed by atoms with E-state index in [0.717, 1.165) is 11.1 Å². The van der Waals surface area contributed by atoms with E-state index in [1.54, 1.807) is 30.3 Å². The van der Waals surface area contributed by atoms with Gasteiger partial charge in [-0.15, -0.1) is 0 Å². The zero-order valence-electron chi connectivity index (χ0n) is 20.5. The summed E-state index contributed by atoms with van der Waals surface area (Å²) in [6.07, 6.45) is 1.35. The Kier molecular flexibility index (Phi) is 10.3. The van der Waals surface area contributed by atoms with Crippen molar-refractivity contribution in [2.75, 3.05) is 24.4 Å². The van der Waals surface area contributed by atoms with Crippen molar-refractivity contribution in [2.24, 2.45) is 5.10 Å². The minimum absolute atomic E-state index is 0.230. The van der Waals surface area contributed by atoms with Crippen molar-refractivity contribution in [1.29, 1.82) is 0 Å². The molecule has 38 heavy (non-hydrogen) atoms. The normalized spacial score (nSPS) is 10.7. The first-order valence-electron chi connectivity index (χ1n) is 11.1. The monoisotopic (exact) mass is 668 g/mol. The molecule has 0 saturated heterocycles.